The zero-order valence-corrected chi connectivity index (χ0v) is 19.3. The van der Waals surface area contributed by atoms with Crippen LogP contribution in [0.5, 0.6) is 5.75 Å². The normalized spacial score (nSPS) is 16.4. The monoisotopic (exact) mass is 462 g/mol. The Bertz CT molecular complexity index is 1360. The van der Waals surface area contributed by atoms with Crippen molar-refractivity contribution in [1.82, 2.24) is 39.7 Å². The number of carbonyl (C=O) groups is 1. The van der Waals surface area contributed by atoms with Gasteiger partial charge in [-0.05, 0) is 45.8 Å². The van der Waals surface area contributed by atoms with Gasteiger partial charge in [-0.2, -0.15) is 10.2 Å². The fourth-order valence-corrected chi connectivity index (χ4v) is 4.34. The number of carboxylic acid groups (broad SMARTS) is 1. The highest BCUT2D eigenvalue weighted by atomic mass is 16.3. The van der Waals surface area contributed by atoms with E-state index in [0.717, 1.165) is 12.1 Å². The van der Waals surface area contributed by atoms with E-state index in [9.17, 15) is 5.11 Å². The Labute approximate surface area is 195 Å². The molecule has 5 heterocycles. The predicted molar refractivity (Wildman–Crippen MR) is 125 cm³/mol. The lowest BCUT2D eigenvalue weighted by atomic mass is 9.82. The van der Waals surface area contributed by atoms with E-state index in [2.05, 4.69) is 59.3 Å². The van der Waals surface area contributed by atoms with Gasteiger partial charge >= 0.3 is 0 Å². The maximum absolute atomic E-state index is 10.5. The number of pyridine rings is 1. The first-order valence-electron chi connectivity index (χ1n) is 10.6. The van der Waals surface area contributed by atoms with Crippen LogP contribution in [0.4, 0.5) is 0 Å². The first kappa shape index (κ1) is 23.1. The van der Waals surface area contributed by atoms with E-state index < -0.39 is 0 Å². The van der Waals surface area contributed by atoms with Crippen molar-refractivity contribution in [2.24, 2.45) is 0 Å². The van der Waals surface area contributed by atoms with Crippen molar-refractivity contribution in [3.8, 4) is 22.8 Å². The van der Waals surface area contributed by atoms with Crippen molar-refractivity contribution in [2.45, 2.75) is 45.2 Å². The molecule has 0 fully saturated rings. The molecular formula is C23H26N8O3. The van der Waals surface area contributed by atoms with Crippen LogP contribution in [-0.4, -0.2) is 62.1 Å². The van der Waals surface area contributed by atoms with Crippen molar-refractivity contribution in [3.05, 3.63) is 54.9 Å². The molecule has 34 heavy (non-hydrogen) atoms. The largest absolute Gasteiger partial charge is 0.506 e. The quantitative estimate of drug-likeness (QED) is 0.391. The maximum Gasteiger partial charge on any atom is 0.290 e. The Balaban J connectivity index is 0.000000868. The molecule has 5 rings (SSSR count). The topological polar surface area (TPSA) is 143 Å². The van der Waals surface area contributed by atoms with Gasteiger partial charge in [0.05, 0.1) is 24.3 Å². The van der Waals surface area contributed by atoms with Gasteiger partial charge in [0.1, 0.15) is 22.8 Å². The summed E-state index contributed by atoms with van der Waals surface area (Å²) in [5.74, 6) is 0.560. The van der Waals surface area contributed by atoms with Crippen LogP contribution in [0.25, 0.3) is 28.4 Å². The van der Waals surface area contributed by atoms with Gasteiger partial charge in [-0.1, -0.05) is 6.08 Å². The summed E-state index contributed by atoms with van der Waals surface area (Å²) >= 11 is 0. The van der Waals surface area contributed by atoms with Crippen LogP contribution in [0.2, 0.25) is 0 Å². The van der Waals surface area contributed by atoms with Gasteiger partial charge in [0.15, 0.2) is 0 Å². The van der Waals surface area contributed by atoms with Crippen LogP contribution >= 0.6 is 0 Å². The Hall–Kier alpha value is -4.12. The minimum atomic E-state index is -0.250. The van der Waals surface area contributed by atoms with Gasteiger partial charge in [-0.15, -0.1) is 4.80 Å². The van der Waals surface area contributed by atoms with E-state index >= 15 is 0 Å². The van der Waals surface area contributed by atoms with Gasteiger partial charge in [0, 0.05) is 29.5 Å². The fraction of sp³-hybridized carbons (Fsp3) is 0.304. The van der Waals surface area contributed by atoms with Crippen LogP contribution in [0.15, 0.2) is 49.2 Å². The molecule has 3 N–H and O–H groups in total. The van der Waals surface area contributed by atoms with E-state index in [1.54, 1.807) is 24.7 Å². The number of nitrogens with one attached hydrogen (secondary N) is 1. The molecule has 176 valence electrons. The highest BCUT2D eigenvalue weighted by Crippen LogP contribution is 2.33. The van der Waals surface area contributed by atoms with Gasteiger partial charge in [-0.25, -0.2) is 15.0 Å². The summed E-state index contributed by atoms with van der Waals surface area (Å²) in [7, 11) is 0. The molecule has 11 nitrogen and oxygen atoms in total. The molecule has 0 unspecified atom stereocenters. The molecule has 0 amide bonds. The Morgan fingerprint density at radius 3 is 2.44 bits per heavy atom. The maximum atomic E-state index is 10.5. The molecule has 0 bridgehead atoms. The number of aromatic hydroxyl groups is 1. The SMILES string of the molecule is CC1(C)C=C(c2ccn3cc(-c4ncc(-n5nccn5)cc4O)nc3n2)CC(C)(C)N1.O=CO. The number of nitrogens with zero attached hydrogens (tertiary/aromatic N) is 7. The minimum Gasteiger partial charge on any atom is -0.506 e. The molecule has 0 atom stereocenters. The molecule has 0 saturated heterocycles. The standard InChI is InChI=1S/C22H24N8O.CH2O2/c1-21(2)10-14(11-22(3,4)28-21)16-5-8-29-13-17(27-20(29)26-16)19-18(31)9-15(12-23-19)30-24-6-7-25-30;2-1-3/h5-10,12-13,28,31H,11H2,1-4H3;1H,(H,2,3). The van der Waals surface area contributed by atoms with E-state index in [-0.39, 0.29) is 23.3 Å². The van der Waals surface area contributed by atoms with Crippen molar-refractivity contribution in [1.29, 1.82) is 0 Å². The van der Waals surface area contributed by atoms with E-state index in [1.807, 2.05) is 22.9 Å². The average Bonchev–Trinajstić information content (AvgIpc) is 3.41. The molecule has 4 aromatic heterocycles. The molecule has 0 radical (unpaired) electrons. The lowest BCUT2D eigenvalue weighted by Gasteiger charge is -2.41. The van der Waals surface area contributed by atoms with E-state index in [0.29, 0.717) is 22.9 Å². The van der Waals surface area contributed by atoms with Crippen LogP contribution in [0, 0.1) is 0 Å². The Morgan fingerprint density at radius 1 is 1.12 bits per heavy atom. The lowest BCUT2D eigenvalue weighted by molar-refractivity contribution is -0.122. The van der Waals surface area contributed by atoms with Crippen LogP contribution in [0.3, 0.4) is 0 Å². The van der Waals surface area contributed by atoms with Crippen molar-refractivity contribution in [2.75, 3.05) is 0 Å². The molecule has 0 saturated carbocycles. The number of hydrogen-bond acceptors (Lipinski definition) is 8. The second-order valence-electron chi connectivity index (χ2n) is 9.21. The second-order valence-corrected chi connectivity index (χ2v) is 9.21. The third kappa shape index (κ3) is 4.79. The van der Waals surface area contributed by atoms with E-state index in [4.69, 9.17) is 14.9 Å². The fourth-order valence-electron chi connectivity index (χ4n) is 4.34. The minimum absolute atomic E-state index is 0.00277. The van der Waals surface area contributed by atoms with Crippen molar-refractivity contribution >= 4 is 17.8 Å². The molecule has 0 spiro atoms. The molecule has 1 aliphatic heterocycles. The summed E-state index contributed by atoms with van der Waals surface area (Å²) in [4.78, 5) is 23.5. The van der Waals surface area contributed by atoms with Crippen LogP contribution in [0.1, 0.15) is 39.8 Å². The number of fused-ring (bicyclic) bond motifs is 1. The lowest BCUT2D eigenvalue weighted by Crippen LogP contribution is -2.53. The zero-order valence-electron chi connectivity index (χ0n) is 19.3. The van der Waals surface area contributed by atoms with E-state index in [1.165, 1.54) is 10.4 Å². The van der Waals surface area contributed by atoms with Gasteiger partial charge in [0.25, 0.3) is 6.47 Å². The summed E-state index contributed by atoms with van der Waals surface area (Å²) in [5, 5.41) is 29.2. The summed E-state index contributed by atoms with van der Waals surface area (Å²) in [6, 6.07) is 3.57. The third-order valence-electron chi connectivity index (χ3n) is 5.23. The van der Waals surface area contributed by atoms with Gasteiger partial charge in [-0.3, -0.25) is 9.20 Å². The summed E-state index contributed by atoms with van der Waals surface area (Å²) in [6.07, 6.45) is 11.6. The average molecular weight is 463 g/mol. The molecule has 0 aliphatic carbocycles. The first-order valence-corrected chi connectivity index (χ1v) is 10.6. The van der Waals surface area contributed by atoms with Crippen molar-refractivity contribution in [3.63, 3.8) is 0 Å². The molecule has 4 aromatic rings. The highest BCUT2D eigenvalue weighted by Gasteiger charge is 2.33. The number of imidazole rings is 1. The Kier molecular flexibility index (Phi) is 5.88. The molecular weight excluding hydrogens is 436 g/mol. The Morgan fingerprint density at radius 2 is 1.79 bits per heavy atom. The van der Waals surface area contributed by atoms with Crippen LogP contribution < -0.4 is 5.32 Å². The number of hydrogen-bond donors (Lipinski definition) is 3. The van der Waals surface area contributed by atoms with Crippen LogP contribution in [-0.2, 0) is 4.79 Å². The smallest absolute Gasteiger partial charge is 0.290 e. The summed E-state index contributed by atoms with van der Waals surface area (Å²) in [6.45, 7) is 8.48. The molecule has 1 aliphatic rings. The molecule has 0 aromatic carbocycles. The number of aromatic nitrogens is 7. The first-order chi connectivity index (χ1) is 16.1. The van der Waals surface area contributed by atoms with Gasteiger partial charge in [0.2, 0.25) is 5.78 Å². The third-order valence-corrected chi connectivity index (χ3v) is 5.23. The highest BCUT2D eigenvalue weighted by molar-refractivity contribution is 5.69. The second kappa shape index (κ2) is 8.67. The number of rotatable bonds is 3. The van der Waals surface area contributed by atoms with Gasteiger partial charge < -0.3 is 15.5 Å². The predicted octanol–water partition coefficient (Wildman–Crippen LogP) is 2.71. The molecule has 11 heteroatoms. The summed E-state index contributed by atoms with van der Waals surface area (Å²) in [5.41, 5.74) is 3.45. The summed E-state index contributed by atoms with van der Waals surface area (Å²) < 4.78 is 1.83. The van der Waals surface area contributed by atoms with Crippen molar-refractivity contribution < 1.29 is 15.0 Å². The zero-order chi connectivity index (χ0) is 24.5.